The van der Waals surface area contributed by atoms with E-state index < -0.39 is 5.54 Å². The number of aromatic nitrogens is 2. The Bertz CT molecular complexity index is 586. The van der Waals surface area contributed by atoms with Crippen molar-refractivity contribution in [2.24, 2.45) is 0 Å². The molecule has 4 heterocycles. The van der Waals surface area contributed by atoms with Gasteiger partial charge >= 0.3 is 0 Å². The topological polar surface area (TPSA) is 68.6 Å². The summed E-state index contributed by atoms with van der Waals surface area (Å²) in [5.41, 5.74) is -0.529. The van der Waals surface area contributed by atoms with E-state index in [0.29, 0.717) is 6.61 Å². The molecular weight excluding hydrogens is 344 g/mol. The van der Waals surface area contributed by atoms with Crippen LogP contribution in [0.5, 0.6) is 0 Å². The number of likely N-dealkylation sites (tertiary alicyclic amines) is 1. The average Bonchev–Trinajstić information content (AvgIpc) is 3.29. The van der Waals surface area contributed by atoms with Crippen molar-refractivity contribution in [2.75, 3.05) is 39.4 Å². The van der Waals surface area contributed by atoms with Crippen molar-refractivity contribution in [3.63, 3.8) is 0 Å². The fourth-order valence-electron chi connectivity index (χ4n) is 4.61. The van der Waals surface area contributed by atoms with Crippen molar-refractivity contribution in [3.8, 4) is 0 Å². The van der Waals surface area contributed by atoms with Gasteiger partial charge in [-0.1, -0.05) is 0 Å². The minimum atomic E-state index is -0.529. The molecule has 3 aliphatic rings. The van der Waals surface area contributed by atoms with Gasteiger partial charge in [0, 0.05) is 32.1 Å². The molecule has 0 saturated carbocycles. The Morgan fingerprint density at radius 2 is 2.04 bits per heavy atom. The van der Waals surface area contributed by atoms with E-state index in [1.807, 2.05) is 21.8 Å². The minimum Gasteiger partial charge on any atom is -0.376 e. The predicted octanol–water partition coefficient (Wildman–Crippen LogP) is 1.54. The monoisotopic (exact) mass is 376 g/mol. The Kier molecular flexibility index (Phi) is 6.10. The van der Waals surface area contributed by atoms with Gasteiger partial charge in [-0.25, -0.2) is 0 Å². The third-order valence-corrected chi connectivity index (χ3v) is 6.29. The highest BCUT2D eigenvalue weighted by Crippen LogP contribution is 2.31. The molecule has 0 aliphatic carbocycles. The number of carbonyl (C=O) groups excluding carboxylic acids is 1. The van der Waals surface area contributed by atoms with E-state index in [2.05, 4.69) is 10.4 Å². The van der Waals surface area contributed by atoms with Crippen LogP contribution in [-0.4, -0.2) is 72.2 Å². The van der Waals surface area contributed by atoms with Crippen LogP contribution in [0.15, 0.2) is 18.5 Å². The number of rotatable bonds is 5. The lowest BCUT2D eigenvalue weighted by molar-refractivity contribution is -0.146. The molecule has 1 unspecified atom stereocenters. The first-order chi connectivity index (χ1) is 13.3. The summed E-state index contributed by atoms with van der Waals surface area (Å²) in [5.74, 6) is 0.224. The SMILES string of the molecule is O=C(N1CCC(OCC2CCCCO2)CC1)C1(n2cccn2)CCNCC1. The van der Waals surface area contributed by atoms with E-state index in [4.69, 9.17) is 9.47 Å². The number of hydrogen-bond acceptors (Lipinski definition) is 5. The summed E-state index contributed by atoms with van der Waals surface area (Å²) < 4.78 is 13.7. The summed E-state index contributed by atoms with van der Waals surface area (Å²) in [4.78, 5) is 15.5. The van der Waals surface area contributed by atoms with Gasteiger partial charge in [-0.3, -0.25) is 9.48 Å². The number of hydrogen-bond donors (Lipinski definition) is 1. The second-order valence-electron chi connectivity index (χ2n) is 8.05. The first-order valence-electron chi connectivity index (χ1n) is 10.5. The number of amides is 1. The smallest absolute Gasteiger partial charge is 0.250 e. The minimum absolute atomic E-state index is 0.224. The van der Waals surface area contributed by atoms with Crippen LogP contribution in [0.3, 0.4) is 0 Å². The molecule has 1 aromatic heterocycles. The molecule has 27 heavy (non-hydrogen) atoms. The van der Waals surface area contributed by atoms with Crippen molar-refractivity contribution in [1.82, 2.24) is 20.0 Å². The molecule has 1 atom stereocenters. The van der Waals surface area contributed by atoms with Crippen molar-refractivity contribution in [3.05, 3.63) is 18.5 Å². The van der Waals surface area contributed by atoms with Crippen LogP contribution in [-0.2, 0) is 19.8 Å². The summed E-state index contributed by atoms with van der Waals surface area (Å²) in [6.07, 6.45) is 11.1. The highest BCUT2D eigenvalue weighted by Gasteiger charge is 2.45. The summed E-state index contributed by atoms with van der Waals surface area (Å²) in [6, 6.07) is 1.91. The Morgan fingerprint density at radius 3 is 2.70 bits per heavy atom. The van der Waals surface area contributed by atoms with Gasteiger partial charge in [-0.2, -0.15) is 5.10 Å². The van der Waals surface area contributed by atoms with Gasteiger partial charge in [-0.15, -0.1) is 0 Å². The molecule has 0 radical (unpaired) electrons. The van der Waals surface area contributed by atoms with Crippen molar-refractivity contribution in [1.29, 1.82) is 0 Å². The molecule has 3 saturated heterocycles. The molecule has 1 amide bonds. The summed E-state index contributed by atoms with van der Waals surface area (Å²) in [7, 11) is 0. The molecule has 150 valence electrons. The quantitative estimate of drug-likeness (QED) is 0.844. The highest BCUT2D eigenvalue weighted by atomic mass is 16.5. The maximum absolute atomic E-state index is 13.5. The van der Waals surface area contributed by atoms with E-state index in [0.717, 1.165) is 64.9 Å². The van der Waals surface area contributed by atoms with Crippen LogP contribution in [0.2, 0.25) is 0 Å². The van der Waals surface area contributed by atoms with E-state index in [1.165, 1.54) is 12.8 Å². The number of piperidine rings is 2. The van der Waals surface area contributed by atoms with Gasteiger partial charge in [0.25, 0.3) is 5.91 Å². The van der Waals surface area contributed by atoms with E-state index in [1.54, 1.807) is 6.20 Å². The van der Waals surface area contributed by atoms with Gasteiger partial charge in [-0.05, 0) is 64.1 Å². The number of nitrogens with one attached hydrogen (secondary N) is 1. The molecule has 0 spiro atoms. The Balaban J connectivity index is 1.32. The van der Waals surface area contributed by atoms with E-state index in [-0.39, 0.29) is 18.1 Å². The van der Waals surface area contributed by atoms with Crippen LogP contribution >= 0.6 is 0 Å². The van der Waals surface area contributed by atoms with Crippen LogP contribution < -0.4 is 5.32 Å². The second kappa shape index (κ2) is 8.71. The number of carbonyl (C=O) groups is 1. The molecule has 7 nitrogen and oxygen atoms in total. The van der Waals surface area contributed by atoms with Crippen molar-refractivity contribution >= 4 is 5.91 Å². The predicted molar refractivity (Wildman–Crippen MR) is 101 cm³/mol. The van der Waals surface area contributed by atoms with Gasteiger partial charge in [0.15, 0.2) is 0 Å². The molecule has 1 N–H and O–H groups in total. The maximum atomic E-state index is 13.5. The Morgan fingerprint density at radius 1 is 1.22 bits per heavy atom. The van der Waals surface area contributed by atoms with Crippen molar-refractivity contribution < 1.29 is 14.3 Å². The van der Waals surface area contributed by atoms with Gasteiger partial charge in [0.1, 0.15) is 5.54 Å². The van der Waals surface area contributed by atoms with Gasteiger partial charge < -0.3 is 19.7 Å². The molecule has 3 fully saturated rings. The maximum Gasteiger partial charge on any atom is 0.250 e. The summed E-state index contributed by atoms with van der Waals surface area (Å²) >= 11 is 0. The lowest BCUT2D eigenvalue weighted by Gasteiger charge is -2.42. The van der Waals surface area contributed by atoms with Crippen LogP contribution in [0.25, 0.3) is 0 Å². The lowest BCUT2D eigenvalue weighted by Crippen LogP contribution is -2.57. The van der Waals surface area contributed by atoms with Crippen molar-refractivity contribution in [2.45, 2.75) is 62.7 Å². The lowest BCUT2D eigenvalue weighted by atomic mass is 9.86. The third-order valence-electron chi connectivity index (χ3n) is 6.29. The average molecular weight is 377 g/mol. The number of ether oxygens (including phenoxy) is 2. The zero-order valence-electron chi connectivity index (χ0n) is 16.1. The zero-order valence-corrected chi connectivity index (χ0v) is 16.1. The Labute approximate surface area is 161 Å². The van der Waals surface area contributed by atoms with Gasteiger partial charge in [0.2, 0.25) is 0 Å². The molecular formula is C20H32N4O3. The number of nitrogens with zero attached hydrogens (tertiary/aromatic N) is 3. The molecule has 0 bridgehead atoms. The normalized spacial score (nSPS) is 26.8. The summed E-state index contributed by atoms with van der Waals surface area (Å²) in [5, 5.41) is 7.80. The second-order valence-corrected chi connectivity index (χ2v) is 8.05. The zero-order chi connectivity index (χ0) is 18.5. The highest BCUT2D eigenvalue weighted by molar-refractivity contribution is 5.84. The fourth-order valence-corrected chi connectivity index (χ4v) is 4.61. The van der Waals surface area contributed by atoms with Gasteiger partial charge in [0.05, 0.1) is 18.8 Å². The van der Waals surface area contributed by atoms with Crippen LogP contribution in [0.1, 0.15) is 44.9 Å². The van der Waals surface area contributed by atoms with E-state index in [9.17, 15) is 4.79 Å². The fraction of sp³-hybridized carbons (Fsp3) is 0.800. The largest absolute Gasteiger partial charge is 0.376 e. The molecule has 0 aromatic carbocycles. The molecule has 7 heteroatoms. The molecule has 4 rings (SSSR count). The standard InChI is InChI=1S/C20H32N4O3/c25-19(20(7-10-21-11-8-20)24-12-3-9-22-24)23-13-5-17(6-14-23)27-16-18-4-1-2-15-26-18/h3,9,12,17-18,21H,1-2,4-8,10-11,13-16H2. The first kappa shape index (κ1) is 18.9. The Hall–Kier alpha value is -1.44. The first-order valence-corrected chi connectivity index (χ1v) is 10.5. The molecule has 1 aromatic rings. The third kappa shape index (κ3) is 4.20. The van der Waals surface area contributed by atoms with Crippen LogP contribution in [0, 0.1) is 0 Å². The van der Waals surface area contributed by atoms with E-state index >= 15 is 0 Å². The summed E-state index contributed by atoms with van der Waals surface area (Å²) in [6.45, 7) is 4.81. The molecule has 3 aliphatic heterocycles. The van der Waals surface area contributed by atoms with Crippen LogP contribution in [0.4, 0.5) is 0 Å².